The number of ether oxygens (including phenoxy) is 1. The van der Waals surface area contributed by atoms with Gasteiger partial charge >= 0.3 is 0 Å². The molecule has 0 spiro atoms. The fourth-order valence-electron chi connectivity index (χ4n) is 3.91. The maximum absolute atomic E-state index is 14.9. The average molecular weight is 395 g/mol. The van der Waals surface area contributed by atoms with E-state index in [1.54, 1.807) is 6.07 Å². The first kappa shape index (κ1) is 18.5. The van der Waals surface area contributed by atoms with E-state index in [9.17, 15) is 12.8 Å². The smallest absolute Gasteiger partial charge is 0.226 e. The first-order valence-corrected chi connectivity index (χ1v) is 10.7. The molecule has 0 bridgehead atoms. The number of rotatable bonds is 4. The largest absolute Gasteiger partial charge is 0.427 e. The molecule has 0 unspecified atom stereocenters. The molecule has 2 aromatic rings. The minimum Gasteiger partial charge on any atom is -0.427 e. The summed E-state index contributed by atoms with van der Waals surface area (Å²) in [6, 6.07) is 4.98. The van der Waals surface area contributed by atoms with Crippen molar-refractivity contribution < 1.29 is 22.0 Å². The molecule has 9 heteroatoms. The molecule has 7 nitrogen and oxygen atoms in total. The molecule has 2 saturated heterocycles. The van der Waals surface area contributed by atoms with Crippen LogP contribution in [0.4, 0.5) is 4.39 Å². The molecule has 27 heavy (non-hydrogen) atoms. The van der Waals surface area contributed by atoms with Crippen LogP contribution in [0.1, 0.15) is 42.7 Å². The standard InChI is InChI=1S/C18H22FN3O4S/c19-16-11-15(18(5-8-25-9-6-18)17-21-20-13-26-17)4-3-14(16)12-22-7-1-2-10-27(22,23)24/h3-4,11,13H,1-2,5-10,12H2. The predicted octanol–water partition coefficient (Wildman–Crippen LogP) is 2.23. The Morgan fingerprint density at radius 2 is 2.04 bits per heavy atom. The van der Waals surface area contributed by atoms with E-state index >= 15 is 0 Å². The molecule has 1 aromatic carbocycles. The van der Waals surface area contributed by atoms with Gasteiger partial charge < -0.3 is 9.15 Å². The van der Waals surface area contributed by atoms with Crippen molar-refractivity contribution in [2.45, 2.75) is 37.6 Å². The lowest BCUT2D eigenvalue weighted by Crippen LogP contribution is -2.37. The van der Waals surface area contributed by atoms with Crippen LogP contribution in [0.2, 0.25) is 0 Å². The summed E-state index contributed by atoms with van der Waals surface area (Å²) in [7, 11) is -3.30. The van der Waals surface area contributed by atoms with Crippen LogP contribution in [0.25, 0.3) is 0 Å². The fourth-order valence-corrected chi connectivity index (χ4v) is 5.48. The molecule has 3 heterocycles. The van der Waals surface area contributed by atoms with E-state index in [4.69, 9.17) is 9.15 Å². The van der Waals surface area contributed by atoms with Crippen LogP contribution in [-0.4, -0.2) is 48.4 Å². The van der Waals surface area contributed by atoms with Gasteiger partial charge in [0.25, 0.3) is 0 Å². The van der Waals surface area contributed by atoms with Crippen molar-refractivity contribution in [1.29, 1.82) is 0 Å². The lowest BCUT2D eigenvalue weighted by molar-refractivity contribution is 0.0543. The minimum atomic E-state index is -3.30. The van der Waals surface area contributed by atoms with E-state index in [0.29, 0.717) is 50.5 Å². The molecular formula is C18H22FN3O4S. The Bertz CT molecular complexity index is 895. The van der Waals surface area contributed by atoms with E-state index in [-0.39, 0.29) is 12.3 Å². The van der Waals surface area contributed by atoms with Crippen molar-refractivity contribution >= 4 is 10.0 Å². The van der Waals surface area contributed by atoms with Crippen LogP contribution >= 0.6 is 0 Å². The Kier molecular flexibility index (Phi) is 5.00. The van der Waals surface area contributed by atoms with Crippen LogP contribution in [0.15, 0.2) is 29.0 Å². The first-order chi connectivity index (χ1) is 13.0. The van der Waals surface area contributed by atoms with E-state index in [1.165, 1.54) is 16.8 Å². The van der Waals surface area contributed by atoms with E-state index in [0.717, 1.165) is 12.0 Å². The van der Waals surface area contributed by atoms with Gasteiger partial charge in [-0.15, -0.1) is 10.2 Å². The highest BCUT2D eigenvalue weighted by Crippen LogP contribution is 2.40. The van der Waals surface area contributed by atoms with Gasteiger partial charge in [-0.1, -0.05) is 12.1 Å². The van der Waals surface area contributed by atoms with Crippen molar-refractivity contribution in [3.05, 3.63) is 47.4 Å². The molecule has 0 atom stereocenters. The summed E-state index contributed by atoms with van der Waals surface area (Å²) in [5, 5.41) is 7.85. The number of sulfonamides is 1. The van der Waals surface area contributed by atoms with Gasteiger partial charge in [0, 0.05) is 31.9 Å². The van der Waals surface area contributed by atoms with Crippen LogP contribution in [0, 0.1) is 5.82 Å². The van der Waals surface area contributed by atoms with Crippen LogP contribution in [-0.2, 0) is 26.7 Å². The van der Waals surface area contributed by atoms with Gasteiger partial charge in [0.2, 0.25) is 22.3 Å². The number of benzene rings is 1. The molecule has 2 fully saturated rings. The van der Waals surface area contributed by atoms with Gasteiger partial charge in [0.15, 0.2) is 0 Å². The second-order valence-electron chi connectivity index (χ2n) is 7.10. The van der Waals surface area contributed by atoms with Crippen LogP contribution in [0.5, 0.6) is 0 Å². The molecule has 1 aromatic heterocycles. The van der Waals surface area contributed by atoms with Crippen molar-refractivity contribution in [2.24, 2.45) is 0 Å². The fraction of sp³-hybridized carbons (Fsp3) is 0.556. The Morgan fingerprint density at radius 1 is 1.22 bits per heavy atom. The predicted molar refractivity (Wildman–Crippen MR) is 95.0 cm³/mol. The minimum absolute atomic E-state index is 0.0606. The topological polar surface area (TPSA) is 85.5 Å². The van der Waals surface area contributed by atoms with Crippen molar-refractivity contribution in [3.63, 3.8) is 0 Å². The molecule has 2 aliphatic heterocycles. The van der Waals surface area contributed by atoms with E-state index < -0.39 is 21.3 Å². The van der Waals surface area contributed by atoms with Gasteiger partial charge in [-0.3, -0.25) is 0 Å². The molecular weight excluding hydrogens is 373 g/mol. The summed E-state index contributed by atoms with van der Waals surface area (Å²) in [5.74, 6) is 0.169. The lowest BCUT2D eigenvalue weighted by Gasteiger charge is -2.34. The van der Waals surface area contributed by atoms with Crippen molar-refractivity contribution in [3.8, 4) is 0 Å². The van der Waals surface area contributed by atoms with E-state index in [2.05, 4.69) is 10.2 Å². The number of aromatic nitrogens is 2. The Balaban J connectivity index is 1.64. The number of halogens is 1. The van der Waals surface area contributed by atoms with E-state index in [1.807, 2.05) is 6.07 Å². The van der Waals surface area contributed by atoms with Gasteiger partial charge in [-0.25, -0.2) is 12.8 Å². The third kappa shape index (κ3) is 3.51. The van der Waals surface area contributed by atoms with Gasteiger partial charge in [0.05, 0.1) is 11.2 Å². The van der Waals surface area contributed by atoms with Crippen molar-refractivity contribution in [1.82, 2.24) is 14.5 Å². The van der Waals surface area contributed by atoms with Gasteiger partial charge in [-0.05, 0) is 37.3 Å². The van der Waals surface area contributed by atoms with Crippen LogP contribution in [0.3, 0.4) is 0 Å². The lowest BCUT2D eigenvalue weighted by atomic mass is 9.74. The summed E-state index contributed by atoms with van der Waals surface area (Å²) in [6.07, 6.45) is 3.98. The molecule has 0 N–H and O–H groups in total. The monoisotopic (exact) mass is 395 g/mol. The first-order valence-electron chi connectivity index (χ1n) is 9.12. The maximum Gasteiger partial charge on any atom is 0.226 e. The molecule has 0 saturated carbocycles. The Hall–Kier alpha value is -1.84. The third-order valence-electron chi connectivity index (χ3n) is 5.52. The Labute approximate surface area is 157 Å². The van der Waals surface area contributed by atoms with Crippen molar-refractivity contribution in [2.75, 3.05) is 25.5 Å². The number of hydrogen-bond donors (Lipinski definition) is 0. The highest BCUT2D eigenvalue weighted by Gasteiger charge is 2.41. The molecule has 4 rings (SSSR count). The zero-order valence-electron chi connectivity index (χ0n) is 14.9. The number of nitrogens with zero attached hydrogens (tertiary/aromatic N) is 3. The second-order valence-corrected chi connectivity index (χ2v) is 9.19. The highest BCUT2D eigenvalue weighted by atomic mass is 32.2. The summed E-state index contributed by atoms with van der Waals surface area (Å²) in [5.41, 5.74) is 0.542. The summed E-state index contributed by atoms with van der Waals surface area (Å²) >= 11 is 0. The van der Waals surface area contributed by atoms with Crippen LogP contribution < -0.4 is 0 Å². The molecule has 0 radical (unpaired) electrons. The second kappa shape index (κ2) is 7.29. The zero-order chi connectivity index (χ0) is 18.9. The summed E-state index contributed by atoms with van der Waals surface area (Å²) < 4.78 is 51.6. The average Bonchev–Trinajstić information content (AvgIpc) is 3.20. The van der Waals surface area contributed by atoms with Gasteiger partial charge in [-0.2, -0.15) is 4.31 Å². The summed E-state index contributed by atoms with van der Waals surface area (Å²) in [6.45, 7) is 1.55. The molecule has 146 valence electrons. The summed E-state index contributed by atoms with van der Waals surface area (Å²) in [4.78, 5) is 0. The quantitative estimate of drug-likeness (QED) is 0.789. The Morgan fingerprint density at radius 3 is 2.70 bits per heavy atom. The molecule has 2 aliphatic rings. The molecule has 0 aliphatic carbocycles. The highest BCUT2D eigenvalue weighted by molar-refractivity contribution is 7.89. The van der Waals surface area contributed by atoms with Gasteiger partial charge in [0.1, 0.15) is 5.82 Å². The molecule has 0 amide bonds. The zero-order valence-corrected chi connectivity index (χ0v) is 15.8. The third-order valence-corrected chi connectivity index (χ3v) is 7.42. The number of hydrogen-bond acceptors (Lipinski definition) is 6. The SMILES string of the molecule is O=S1(=O)CCCCN1Cc1ccc(C2(c3nnco3)CCOCC2)cc1F. The maximum atomic E-state index is 14.9. The normalized spacial score (nSPS) is 22.6.